The van der Waals surface area contributed by atoms with Crippen LogP contribution in [0.2, 0.25) is 0 Å². The van der Waals surface area contributed by atoms with E-state index in [2.05, 4.69) is 3.63 Å². The van der Waals surface area contributed by atoms with Crippen LogP contribution in [0.3, 0.4) is 0 Å². The molecule has 0 saturated carbocycles. The molecular formula is C15H22F3O4S3+. The lowest BCUT2D eigenvalue weighted by molar-refractivity contribution is -0.0495. The van der Waals surface area contributed by atoms with Gasteiger partial charge in [0.2, 0.25) is 11.2 Å². The Morgan fingerprint density at radius 3 is 2.32 bits per heavy atom. The summed E-state index contributed by atoms with van der Waals surface area (Å²) in [6.45, 7) is 5.22. The first-order valence-electron chi connectivity index (χ1n) is 7.50. The van der Waals surface area contributed by atoms with Crippen molar-refractivity contribution in [1.29, 1.82) is 0 Å². The number of thioether (sulfide) groups is 1. The molecule has 144 valence electrons. The largest absolute Gasteiger partial charge is 0.527 e. The van der Waals surface area contributed by atoms with Gasteiger partial charge in [-0.2, -0.15) is 21.6 Å². The zero-order valence-corrected chi connectivity index (χ0v) is 16.8. The van der Waals surface area contributed by atoms with Gasteiger partial charge in [0.15, 0.2) is 10.1 Å². The number of halogens is 3. The molecule has 25 heavy (non-hydrogen) atoms. The van der Waals surface area contributed by atoms with Gasteiger partial charge < -0.3 is 4.74 Å². The summed E-state index contributed by atoms with van der Waals surface area (Å²) in [5, 5.41) is -0.437. The number of rotatable bonds is 9. The molecule has 2 atom stereocenters. The molecular weight excluding hydrogens is 397 g/mol. The van der Waals surface area contributed by atoms with Crippen molar-refractivity contribution in [3.63, 3.8) is 0 Å². The van der Waals surface area contributed by atoms with Gasteiger partial charge in [-0.25, -0.2) is 0 Å². The molecule has 1 unspecified atom stereocenters. The number of benzene rings is 1. The van der Waals surface area contributed by atoms with Gasteiger partial charge in [-0.05, 0) is 30.0 Å². The molecule has 0 aliphatic rings. The molecule has 0 spiro atoms. The summed E-state index contributed by atoms with van der Waals surface area (Å²) in [6.07, 6.45) is 0.776. The van der Waals surface area contributed by atoms with Crippen LogP contribution in [-0.4, -0.2) is 31.7 Å². The fraction of sp³-hybridized carbons (Fsp3) is 0.600. The molecule has 10 heteroatoms. The highest BCUT2D eigenvalue weighted by atomic mass is 32.3. The van der Waals surface area contributed by atoms with Crippen molar-refractivity contribution in [2.45, 2.75) is 54.0 Å². The van der Waals surface area contributed by atoms with Crippen molar-refractivity contribution >= 4 is 33.1 Å². The minimum Gasteiger partial charge on any atom is -0.371 e. The molecule has 0 bridgehead atoms. The van der Waals surface area contributed by atoms with Gasteiger partial charge in [0.1, 0.15) is 5.44 Å². The molecule has 4 nitrogen and oxygen atoms in total. The lowest BCUT2D eigenvalue weighted by atomic mass is 10.2. The molecule has 0 aromatic heterocycles. The summed E-state index contributed by atoms with van der Waals surface area (Å²) in [4.78, 5) is 0.462. The molecule has 1 rings (SSSR count). The van der Waals surface area contributed by atoms with E-state index in [0.29, 0.717) is 10.6 Å². The number of alkyl halides is 3. The van der Waals surface area contributed by atoms with Crippen molar-refractivity contribution in [3.05, 3.63) is 29.8 Å². The van der Waals surface area contributed by atoms with E-state index >= 15 is 0 Å². The van der Waals surface area contributed by atoms with Gasteiger partial charge in [-0.1, -0.05) is 25.1 Å². The van der Waals surface area contributed by atoms with E-state index in [-0.39, 0.29) is 5.44 Å². The van der Waals surface area contributed by atoms with Gasteiger partial charge >= 0.3 is 15.6 Å². The third-order valence-electron chi connectivity index (χ3n) is 3.08. The Balaban J connectivity index is 3.13. The molecule has 0 amide bonds. The Morgan fingerprint density at radius 2 is 1.84 bits per heavy atom. The van der Waals surface area contributed by atoms with Crippen LogP contribution in [0.25, 0.3) is 0 Å². The topological polar surface area (TPSA) is 52.6 Å². The minimum atomic E-state index is -5.67. The Labute approximate surface area is 154 Å². The van der Waals surface area contributed by atoms with Gasteiger partial charge in [-0.3, -0.25) is 0 Å². The number of ether oxygens (including phenoxy) is 1. The maximum absolute atomic E-state index is 12.7. The highest BCUT2D eigenvalue weighted by molar-refractivity contribution is 8.03. The zero-order chi connectivity index (χ0) is 19.3. The lowest BCUT2D eigenvalue weighted by Gasteiger charge is -2.15. The summed E-state index contributed by atoms with van der Waals surface area (Å²) in [7, 11) is -4.08. The van der Waals surface area contributed by atoms with Crippen LogP contribution in [0, 0.1) is 0 Å². The van der Waals surface area contributed by atoms with Crippen molar-refractivity contribution in [2.75, 3.05) is 7.11 Å². The fourth-order valence-corrected chi connectivity index (χ4v) is 6.06. The van der Waals surface area contributed by atoms with Crippen molar-refractivity contribution in [3.8, 4) is 0 Å². The Hall–Kier alpha value is -0.420. The molecule has 0 saturated heterocycles. The van der Waals surface area contributed by atoms with Gasteiger partial charge in [0.25, 0.3) is 0 Å². The van der Waals surface area contributed by atoms with Crippen molar-refractivity contribution < 1.29 is 30.0 Å². The molecule has 0 aliphatic heterocycles. The smallest absolute Gasteiger partial charge is 0.371 e. The van der Waals surface area contributed by atoms with E-state index in [4.69, 9.17) is 4.74 Å². The Bertz CT molecular complexity index is 644. The van der Waals surface area contributed by atoms with Gasteiger partial charge in [0, 0.05) is 18.4 Å². The third-order valence-corrected chi connectivity index (χ3v) is 8.02. The van der Waals surface area contributed by atoms with Crippen LogP contribution < -0.4 is 0 Å². The minimum absolute atomic E-state index is 0.0475. The van der Waals surface area contributed by atoms with Crippen LogP contribution in [-0.2, 0) is 35.4 Å². The maximum atomic E-state index is 12.7. The van der Waals surface area contributed by atoms with E-state index in [9.17, 15) is 21.6 Å². The third kappa shape index (κ3) is 6.35. The highest BCUT2D eigenvalue weighted by Gasteiger charge is 2.54. The van der Waals surface area contributed by atoms with E-state index < -0.39 is 32.1 Å². The average Bonchev–Trinajstić information content (AvgIpc) is 2.53. The zero-order valence-electron chi connectivity index (χ0n) is 14.4. The second-order valence-electron chi connectivity index (χ2n) is 5.31. The van der Waals surface area contributed by atoms with Crippen molar-refractivity contribution in [2.24, 2.45) is 0 Å². The van der Waals surface area contributed by atoms with Crippen molar-refractivity contribution in [1.82, 2.24) is 0 Å². The normalized spacial score (nSPS) is 15.4. The predicted octanol–water partition coefficient (Wildman–Crippen LogP) is 4.47. The lowest BCUT2D eigenvalue weighted by Crippen LogP contribution is -2.31. The first kappa shape index (κ1) is 22.6. The molecule has 1 aromatic rings. The highest BCUT2D eigenvalue weighted by Crippen LogP contribution is 2.34. The summed E-state index contributed by atoms with van der Waals surface area (Å²) >= 11 is -0.0513. The first-order valence-corrected chi connectivity index (χ1v) is 11.2. The fourth-order valence-electron chi connectivity index (χ4n) is 1.86. The SMILES string of the molecule is CC[C@@H](OC)SCc1ccccc1[S+](OS(=O)(=O)C(F)(F)F)C(C)C. The molecule has 0 radical (unpaired) electrons. The van der Waals surface area contributed by atoms with E-state index in [1.165, 1.54) is 11.8 Å². The van der Waals surface area contributed by atoms with Gasteiger partial charge in [0.05, 0.1) is 0 Å². The van der Waals surface area contributed by atoms with Gasteiger partial charge in [-0.15, -0.1) is 11.8 Å². The first-order chi connectivity index (χ1) is 11.5. The standard InChI is InChI=1S/C15H22F3O4S3/c1-5-14(21-4)23-10-12-8-6-7-9-13(12)24(11(2)3)22-25(19,20)15(16,17)18/h6-9,11,14H,5,10H2,1-4H3/q+1/t14-,24?/m0/s1. The van der Waals surface area contributed by atoms with Crippen LogP contribution in [0.4, 0.5) is 13.2 Å². The molecule has 0 N–H and O–H groups in total. The van der Waals surface area contributed by atoms with Crippen LogP contribution in [0.15, 0.2) is 29.2 Å². The molecule has 0 heterocycles. The van der Waals surface area contributed by atoms with Crippen LogP contribution in [0.1, 0.15) is 32.8 Å². The maximum Gasteiger partial charge on any atom is 0.527 e. The summed E-state index contributed by atoms with van der Waals surface area (Å²) in [6, 6.07) is 6.78. The summed E-state index contributed by atoms with van der Waals surface area (Å²) in [5.41, 5.74) is -4.76. The second kappa shape index (κ2) is 9.50. The number of hydrogen-bond donors (Lipinski definition) is 0. The quantitative estimate of drug-likeness (QED) is 0.336. The average molecular weight is 420 g/mol. The second-order valence-corrected chi connectivity index (χ2v) is 10.3. The van der Waals surface area contributed by atoms with Crippen LogP contribution in [0.5, 0.6) is 0 Å². The molecule has 0 fully saturated rings. The van der Waals surface area contributed by atoms with Crippen LogP contribution >= 0.6 is 11.8 Å². The number of methoxy groups -OCH3 is 1. The molecule has 0 aliphatic carbocycles. The predicted molar refractivity (Wildman–Crippen MR) is 95.7 cm³/mol. The Morgan fingerprint density at radius 1 is 1.24 bits per heavy atom. The monoisotopic (exact) mass is 419 g/mol. The van der Waals surface area contributed by atoms with E-state index in [1.807, 2.05) is 6.92 Å². The number of hydrogen-bond acceptors (Lipinski definition) is 5. The Kier molecular flexibility index (Phi) is 8.59. The summed E-state index contributed by atoms with van der Waals surface area (Å²) in [5.74, 6) is 0.480. The van der Waals surface area contributed by atoms with E-state index in [1.54, 1.807) is 45.2 Å². The van der Waals surface area contributed by atoms with E-state index in [0.717, 1.165) is 12.0 Å². The summed E-state index contributed by atoms with van der Waals surface area (Å²) < 4.78 is 70.8. The molecule has 1 aromatic carbocycles.